The van der Waals surface area contributed by atoms with E-state index in [-0.39, 0.29) is 28.4 Å². The summed E-state index contributed by atoms with van der Waals surface area (Å²) >= 11 is 2.01. The van der Waals surface area contributed by atoms with Crippen LogP contribution in [0, 0.1) is 0 Å². The lowest BCUT2D eigenvalue weighted by Gasteiger charge is -2.44. The van der Waals surface area contributed by atoms with Gasteiger partial charge in [-0.05, 0) is 176 Å². The molecule has 3 heterocycles. The number of hydrogen-bond acceptors (Lipinski definition) is 3. The Hall–Kier alpha value is -8.18. The molecule has 0 radical (unpaired) electrons. The third kappa shape index (κ3) is 7.67. The number of benzene rings is 10. The predicted octanol–water partition coefficient (Wildman–Crippen LogP) is 19.9. The topological polar surface area (TPSA) is 6.48 Å². The van der Waals surface area contributed by atoms with Gasteiger partial charge < -0.3 is 9.80 Å². The maximum Gasteiger partial charge on any atom is 0.264 e. The molecule has 11 aromatic rings. The van der Waals surface area contributed by atoms with Gasteiger partial charge in [-0.1, -0.05) is 241 Å². The van der Waals surface area contributed by atoms with Crippen LogP contribution in [0.25, 0.3) is 54.6 Å². The van der Waals surface area contributed by atoms with E-state index < -0.39 is 5.41 Å². The van der Waals surface area contributed by atoms with Crippen LogP contribution in [0.2, 0.25) is 0 Å². The average Bonchev–Trinajstić information content (AvgIpc) is 2.94. The lowest BCUT2D eigenvalue weighted by molar-refractivity contribution is 0.590. The molecule has 0 saturated carbocycles. The van der Waals surface area contributed by atoms with Crippen LogP contribution in [-0.4, -0.2) is 6.71 Å². The molecule has 0 amide bonds. The molecular formula is C79H71BN2S. The molecule has 2 aliphatic carbocycles. The van der Waals surface area contributed by atoms with Crippen LogP contribution in [0.15, 0.2) is 212 Å². The number of nitrogens with zero attached hydrogens (tertiary/aromatic N) is 2. The second kappa shape index (κ2) is 17.9. The lowest BCUT2D eigenvalue weighted by atomic mass is 9.36. The van der Waals surface area contributed by atoms with Crippen molar-refractivity contribution in [1.82, 2.24) is 0 Å². The summed E-state index contributed by atoms with van der Waals surface area (Å²) in [6.07, 6.45) is 0. The van der Waals surface area contributed by atoms with Crippen molar-refractivity contribution in [2.45, 2.75) is 110 Å². The molecule has 15 rings (SSSR count). The quantitative estimate of drug-likeness (QED) is 0.162. The molecule has 4 heteroatoms. The largest absolute Gasteiger partial charge is 0.311 e. The molecular weight excluding hydrogens is 1020 g/mol. The van der Waals surface area contributed by atoms with Crippen LogP contribution < -0.4 is 25.5 Å². The Kier molecular flexibility index (Phi) is 11.2. The summed E-state index contributed by atoms with van der Waals surface area (Å²) in [5.41, 5.74) is 30.4. The number of fused-ring (bicyclic) bond motifs is 16. The van der Waals surface area contributed by atoms with Crippen LogP contribution in [0.4, 0.5) is 34.1 Å². The molecule has 0 fully saturated rings. The van der Waals surface area contributed by atoms with Gasteiger partial charge in [0, 0.05) is 43.3 Å². The second-order valence-corrected chi connectivity index (χ2v) is 29.2. The Morgan fingerprint density at radius 1 is 0.349 bits per heavy atom. The first-order valence-corrected chi connectivity index (χ1v) is 30.8. The lowest BCUT2D eigenvalue weighted by Crippen LogP contribution is -2.60. The van der Waals surface area contributed by atoms with E-state index in [2.05, 4.69) is 305 Å². The van der Waals surface area contributed by atoms with Crippen LogP contribution in [0.5, 0.6) is 0 Å². The minimum Gasteiger partial charge on any atom is -0.311 e. The third-order valence-corrected chi connectivity index (χ3v) is 20.1. The molecule has 83 heavy (non-hydrogen) atoms. The van der Waals surface area contributed by atoms with E-state index in [9.17, 15) is 0 Å². The zero-order valence-electron chi connectivity index (χ0n) is 50.1. The summed E-state index contributed by atoms with van der Waals surface area (Å²) in [6, 6.07) is 82.7. The fraction of sp³-hybridized carbons (Fsp3) is 0.215. The summed E-state index contributed by atoms with van der Waals surface area (Å²) in [4.78, 5) is 5.31. The van der Waals surface area contributed by atoms with Crippen LogP contribution in [0.3, 0.4) is 0 Å². The van der Waals surface area contributed by atoms with Gasteiger partial charge in [-0.25, -0.2) is 0 Å². The smallest absolute Gasteiger partial charge is 0.264 e. The Balaban J connectivity index is 1.05. The monoisotopic (exact) mass is 1090 g/mol. The molecule has 0 N–H and O–H groups in total. The van der Waals surface area contributed by atoms with Gasteiger partial charge in [-0.15, -0.1) is 11.3 Å². The molecule has 0 bridgehead atoms. The van der Waals surface area contributed by atoms with Gasteiger partial charge in [0.25, 0.3) is 6.71 Å². The maximum absolute atomic E-state index is 2.68. The molecule has 2 nitrogen and oxygen atoms in total. The van der Waals surface area contributed by atoms with Crippen molar-refractivity contribution in [3.8, 4) is 44.5 Å². The van der Waals surface area contributed by atoms with Crippen molar-refractivity contribution in [2.24, 2.45) is 0 Å². The van der Waals surface area contributed by atoms with Crippen molar-refractivity contribution in [3.63, 3.8) is 0 Å². The SMILES string of the molecule is CC(C)(C)c1ccc(N2c3cc(-c4ccc(C(C)(C)C)cc4-c4ccccc4)ccc3B3c4sc5cc6c(cc5c4N(c4ccc(C(C)(C)C)cc4)c4cc(C(C)(C)C)cc2c43)-c2ccccc2C62c3ccccc3-c3ccccc32)cc1. The van der Waals surface area contributed by atoms with Gasteiger partial charge in [-0.3, -0.25) is 0 Å². The molecule has 0 saturated heterocycles. The van der Waals surface area contributed by atoms with Gasteiger partial charge in [-0.2, -0.15) is 0 Å². The predicted molar refractivity (Wildman–Crippen MR) is 358 cm³/mol. The van der Waals surface area contributed by atoms with E-state index >= 15 is 0 Å². The standard InChI is InChI=1S/C79H71BN2S/c1-75(2,3)50-31-36-54(37-32-50)81-68-42-49(56-40-35-52(77(7,8)9)43-60(56)48-22-14-13-15-23-48)30-41-67(68)80-72-69(81)44-53(78(10,11)12)45-70(72)82(55-38-33-51(34-39-55)76(4,5)6)73-62-46-61-59-26-18-21-29-65(59)79(66(61)47-71(62)83-74(73)80)63-27-19-16-24-57(63)58-25-17-20-28-64(58)79/h13-47H,1-12H3. The molecule has 2 aliphatic heterocycles. The number of thiophene rings is 1. The van der Waals surface area contributed by atoms with Gasteiger partial charge in [0.1, 0.15) is 0 Å². The van der Waals surface area contributed by atoms with Crippen LogP contribution in [-0.2, 0) is 27.1 Å². The highest BCUT2D eigenvalue weighted by molar-refractivity contribution is 7.33. The summed E-state index contributed by atoms with van der Waals surface area (Å²) in [5, 5.41) is 1.30. The first-order valence-electron chi connectivity index (χ1n) is 29.9. The molecule has 0 unspecified atom stereocenters. The molecule has 10 aromatic carbocycles. The summed E-state index contributed by atoms with van der Waals surface area (Å²) in [6.45, 7) is 28.0. The average molecular weight is 1090 g/mol. The maximum atomic E-state index is 2.68. The van der Waals surface area contributed by atoms with E-state index in [0.717, 1.165) is 5.69 Å². The molecule has 1 spiro atoms. The van der Waals surface area contributed by atoms with E-state index in [1.54, 1.807) is 0 Å². The highest BCUT2D eigenvalue weighted by atomic mass is 32.1. The molecule has 0 atom stereocenters. The molecule has 406 valence electrons. The fourth-order valence-electron chi connectivity index (χ4n) is 14.5. The number of anilines is 6. The zero-order valence-corrected chi connectivity index (χ0v) is 50.9. The van der Waals surface area contributed by atoms with E-state index in [0.29, 0.717) is 0 Å². The van der Waals surface area contributed by atoms with Gasteiger partial charge in [0.15, 0.2) is 0 Å². The second-order valence-electron chi connectivity index (χ2n) is 28.1. The van der Waals surface area contributed by atoms with Crippen molar-refractivity contribution in [2.75, 3.05) is 9.80 Å². The van der Waals surface area contributed by atoms with Gasteiger partial charge >= 0.3 is 0 Å². The van der Waals surface area contributed by atoms with Crippen LogP contribution in [0.1, 0.15) is 128 Å². The summed E-state index contributed by atoms with van der Waals surface area (Å²) in [7, 11) is 0. The van der Waals surface area contributed by atoms with Crippen molar-refractivity contribution in [1.29, 1.82) is 0 Å². The minimum absolute atomic E-state index is 0.000545. The number of hydrogen-bond donors (Lipinski definition) is 0. The van der Waals surface area contributed by atoms with Crippen molar-refractivity contribution >= 4 is 78.0 Å². The molecule has 1 aromatic heterocycles. The normalized spacial score (nSPS) is 14.5. The Bertz CT molecular complexity index is 4430. The van der Waals surface area contributed by atoms with E-state index in [4.69, 9.17) is 0 Å². The van der Waals surface area contributed by atoms with Gasteiger partial charge in [0.2, 0.25) is 0 Å². The Morgan fingerprint density at radius 2 is 0.843 bits per heavy atom. The number of rotatable bonds is 4. The Morgan fingerprint density at radius 3 is 1.40 bits per heavy atom. The molecule has 4 aliphatic rings. The van der Waals surface area contributed by atoms with Gasteiger partial charge in [0.05, 0.1) is 11.1 Å². The third-order valence-electron chi connectivity index (χ3n) is 18.9. The summed E-state index contributed by atoms with van der Waals surface area (Å²) < 4.78 is 2.70. The minimum atomic E-state index is -0.446. The Labute approximate surface area is 496 Å². The van der Waals surface area contributed by atoms with E-state index in [1.807, 2.05) is 11.3 Å². The van der Waals surface area contributed by atoms with Crippen LogP contribution >= 0.6 is 11.3 Å². The first kappa shape index (κ1) is 51.7. The highest BCUT2D eigenvalue weighted by Crippen LogP contribution is 2.64. The highest BCUT2D eigenvalue weighted by Gasteiger charge is 2.53. The fourth-order valence-corrected chi connectivity index (χ4v) is 15.9. The van der Waals surface area contributed by atoms with Crippen molar-refractivity contribution < 1.29 is 0 Å². The summed E-state index contributed by atoms with van der Waals surface area (Å²) in [5.74, 6) is 0. The zero-order chi connectivity index (χ0) is 57.3. The van der Waals surface area contributed by atoms with E-state index in [1.165, 1.54) is 143 Å². The first-order chi connectivity index (χ1) is 39.7. The van der Waals surface area contributed by atoms with Crippen molar-refractivity contribution in [3.05, 3.63) is 257 Å².